The first-order valence-electron chi connectivity index (χ1n) is 9.64. The van der Waals surface area contributed by atoms with Gasteiger partial charge < -0.3 is 54.7 Å². The molecule has 34 heavy (non-hydrogen) atoms. The Morgan fingerprint density at radius 1 is 0.912 bits per heavy atom. The van der Waals surface area contributed by atoms with Crippen LogP contribution in [0.1, 0.15) is 0 Å². The lowest BCUT2D eigenvalue weighted by atomic mass is 9.99. The number of fused-ring (bicyclic) bond motifs is 1. The summed E-state index contributed by atoms with van der Waals surface area (Å²) in [5, 5.41) is 78.5. The van der Waals surface area contributed by atoms with Gasteiger partial charge in [0.2, 0.25) is 17.5 Å². The largest absolute Gasteiger partial charge is 0.508 e. The summed E-state index contributed by atoms with van der Waals surface area (Å²) in [6.07, 6.45) is -9.41. The number of aliphatic hydroxyl groups is 3. The molecule has 0 saturated carbocycles. The van der Waals surface area contributed by atoms with Crippen molar-refractivity contribution in [3.05, 3.63) is 40.6 Å². The van der Waals surface area contributed by atoms with Gasteiger partial charge >= 0.3 is 5.97 Å². The lowest BCUT2D eigenvalue weighted by Gasteiger charge is -2.38. The number of benzene rings is 2. The van der Waals surface area contributed by atoms with Crippen molar-refractivity contribution >= 4 is 16.9 Å². The van der Waals surface area contributed by atoms with Crippen LogP contribution in [-0.4, -0.2) is 77.5 Å². The molecule has 1 aliphatic rings. The second kappa shape index (κ2) is 8.39. The number of aliphatic hydroxyl groups excluding tert-OH is 3. The molecule has 3 aromatic rings. The smallest absolute Gasteiger partial charge is 0.335 e. The monoisotopic (exact) mass is 478 g/mol. The maximum atomic E-state index is 12.5. The summed E-state index contributed by atoms with van der Waals surface area (Å²) in [4.78, 5) is 23.7. The Balaban J connectivity index is 1.68. The van der Waals surface area contributed by atoms with Crippen LogP contribution in [0.15, 0.2) is 39.5 Å². The predicted octanol–water partition coefficient (Wildman–Crippen LogP) is -0.447. The van der Waals surface area contributed by atoms with E-state index in [1.807, 2.05) is 0 Å². The molecule has 1 aromatic heterocycles. The van der Waals surface area contributed by atoms with Crippen LogP contribution < -0.4 is 10.2 Å². The third-order valence-electron chi connectivity index (χ3n) is 5.21. The molecular weight excluding hydrogens is 460 g/mol. The van der Waals surface area contributed by atoms with Crippen molar-refractivity contribution in [1.82, 2.24) is 0 Å². The van der Waals surface area contributed by atoms with Crippen LogP contribution in [0.4, 0.5) is 0 Å². The highest BCUT2D eigenvalue weighted by molar-refractivity contribution is 5.88. The molecule has 4 rings (SSSR count). The number of hydrogen-bond acceptors (Lipinski definition) is 12. The zero-order valence-electron chi connectivity index (χ0n) is 16.9. The highest BCUT2D eigenvalue weighted by Gasteiger charge is 2.48. The Labute approximate surface area is 188 Å². The third-order valence-corrected chi connectivity index (χ3v) is 5.21. The van der Waals surface area contributed by atoms with Crippen molar-refractivity contribution in [1.29, 1.82) is 0 Å². The summed E-state index contributed by atoms with van der Waals surface area (Å²) in [5.41, 5.74) is -1.28. The van der Waals surface area contributed by atoms with Crippen LogP contribution in [-0.2, 0) is 9.53 Å². The third kappa shape index (κ3) is 3.82. The Kier molecular flexibility index (Phi) is 5.70. The van der Waals surface area contributed by atoms with Crippen molar-refractivity contribution in [2.24, 2.45) is 0 Å². The summed E-state index contributed by atoms with van der Waals surface area (Å²) >= 11 is 0. The molecule has 0 radical (unpaired) electrons. The zero-order valence-corrected chi connectivity index (χ0v) is 16.9. The minimum atomic E-state index is -1.93. The fourth-order valence-corrected chi connectivity index (χ4v) is 3.50. The molecule has 2 heterocycles. The fourth-order valence-electron chi connectivity index (χ4n) is 3.50. The first kappa shape index (κ1) is 23.1. The number of phenols is 3. The van der Waals surface area contributed by atoms with Crippen LogP contribution >= 0.6 is 0 Å². The number of carboxylic acid groups (broad SMARTS) is 1. The Morgan fingerprint density at radius 2 is 1.62 bits per heavy atom. The van der Waals surface area contributed by atoms with Crippen molar-refractivity contribution < 1.29 is 59.5 Å². The van der Waals surface area contributed by atoms with Gasteiger partial charge in [0.25, 0.3) is 0 Å². The second-order valence-corrected chi connectivity index (χ2v) is 7.48. The number of carbonyl (C=O) groups is 1. The SMILES string of the molecule is O=C(O)[C@H]1O[C@@H](Oc2ccc(-c3oc4cc(O)cc(O)c4c(=O)c3O)cc2O)[C@@H](O)[C@H](O)[C@@H]1O. The number of rotatable bonds is 4. The molecule has 13 nitrogen and oxygen atoms in total. The molecule has 1 aliphatic heterocycles. The van der Waals surface area contributed by atoms with Crippen LogP contribution in [0.25, 0.3) is 22.3 Å². The molecular formula is C21H18O13. The van der Waals surface area contributed by atoms with E-state index in [4.69, 9.17) is 19.0 Å². The zero-order chi connectivity index (χ0) is 24.9. The van der Waals surface area contributed by atoms with Gasteiger partial charge in [0.15, 0.2) is 23.4 Å². The lowest BCUT2D eigenvalue weighted by molar-refractivity contribution is -0.271. The van der Waals surface area contributed by atoms with Gasteiger partial charge in [-0.1, -0.05) is 0 Å². The summed E-state index contributed by atoms with van der Waals surface area (Å²) in [5.74, 6) is -4.92. The summed E-state index contributed by atoms with van der Waals surface area (Å²) < 4.78 is 15.7. The van der Waals surface area contributed by atoms with E-state index in [1.54, 1.807) is 0 Å². The molecule has 0 bridgehead atoms. The molecule has 180 valence electrons. The van der Waals surface area contributed by atoms with Crippen molar-refractivity contribution in [3.63, 3.8) is 0 Å². The maximum Gasteiger partial charge on any atom is 0.335 e. The quantitative estimate of drug-likeness (QED) is 0.238. The molecule has 8 N–H and O–H groups in total. The van der Waals surface area contributed by atoms with Crippen molar-refractivity contribution in [2.75, 3.05) is 0 Å². The number of aromatic hydroxyl groups is 4. The number of carboxylic acids is 1. The number of phenolic OH excluding ortho intramolecular Hbond substituents is 3. The molecule has 5 atom stereocenters. The molecule has 0 aliphatic carbocycles. The molecule has 2 aromatic carbocycles. The van der Waals surface area contributed by atoms with Gasteiger partial charge in [0.1, 0.15) is 40.8 Å². The number of ether oxygens (including phenoxy) is 2. The van der Waals surface area contributed by atoms with Gasteiger partial charge in [0, 0.05) is 17.7 Å². The highest BCUT2D eigenvalue weighted by Crippen LogP contribution is 2.39. The van der Waals surface area contributed by atoms with Gasteiger partial charge in [-0.15, -0.1) is 0 Å². The van der Waals surface area contributed by atoms with Gasteiger partial charge in [0.05, 0.1) is 0 Å². The highest BCUT2D eigenvalue weighted by atomic mass is 16.7. The van der Waals surface area contributed by atoms with E-state index >= 15 is 0 Å². The molecule has 0 amide bonds. The summed E-state index contributed by atoms with van der Waals surface area (Å²) in [6, 6.07) is 5.26. The molecule has 1 fully saturated rings. The van der Waals surface area contributed by atoms with E-state index in [9.17, 15) is 45.3 Å². The van der Waals surface area contributed by atoms with E-state index < -0.39 is 70.9 Å². The van der Waals surface area contributed by atoms with E-state index in [1.165, 1.54) is 6.07 Å². The number of aliphatic carboxylic acids is 1. The molecule has 13 heteroatoms. The first-order chi connectivity index (χ1) is 16.0. The van der Waals surface area contributed by atoms with Gasteiger partial charge in [-0.25, -0.2) is 4.79 Å². The first-order valence-corrected chi connectivity index (χ1v) is 9.64. The topological polar surface area (TPSA) is 228 Å². The normalized spacial score (nSPS) is 24.7. The van der Waals surface area contributed by atoms with Crippen molar-refractivity contribution in [2.45, 2.75) is 30.7 Å². The molecule has 0 unspecified atom stereocenters. The maximum absolute atomic E-state index is 12.5. The summed E-state index contributed by atoms with van der Waals surface area (Å²) in [7, 11) is 0. The average molecular weight is 478 g/mol. The average Bonchev–Trinajstić information content (AvgIpc) is 2.77. The lowest BCUT2D eigenvalue weighted by Crippen LogP contribution is -2.61. The molecule has 0 spiro atoms. The van der Waals surface area contributed by atoms with E-state index in [0.717, 1.165) is 24.3 Å². The van der Waals surface area contributed by atoms with Gasteiger partial charge in [-0.3, -0.25) is 4.79 Å². The minimum absolute atomic E-state index is 0.0341. The fraction of sp³-hybridized carbons (Fsp3) is 0.238. The number of hydrogen-bond donors (Lipinski definition) is 8. The van der Waals surface area contributed by atoms with Crippen LogP contribution in [0.5, 0.6) is 28.7 Å². The second-order valence-electron chi connectivity index (χ2n) is 7.48. The summed E-state index contributed by atoms with van der Waals surface area (Å²) in [6.45, 7) is 0. The van der Waals surface area contributed by atoms with Crippen LogP contribution in [0.2, 0.25) is 0 Å². The van der Waals surface area contributed by atoms with Crippen LogP contribution in [0, 0.1) is 0 Å². The van der Waals surface area contributed by atoms with Crippen LogP contribution in [0.3, 0.4) is 0 Å². The van der Waals surface area contributed by atoms with Gasteiger partial charge in [-0.2, -0.15) is 0 Å². The van der Waals surface area contributed by atoms with E-state index in [-0.39, 0.29) is 22.3 Å². The van der Waals surface area contributed by atoms with E-state index in [2.05, 4.69) is 0 Å². The molecule has 1 saturated heterocycles. The van der Waals surface area contributed by atoms with E-state index in [0.29, 0.717) is 0 Å². The Hall–Kier alpha value is -4.04. The Morgan fingerprint density at radius 3 is 2.26 bits per heavy atom. The standard InChI is InChI=1S/C21H18O13/c22-7-4-9(24)12-11(5-7)32-18(15(27)13(12)25)6-1-2-10(8(23)3-6)33-21-17(29)14(26)16(28)19(34-21)20(30)31/h1-5,14,16-17,19,21-24,26-29H,(H,30,31)/t14-,16+,17+,19+,21-/m1/s1. The minimum Gasteiger partial charge on any atom is -0.508 e. The van der Waals surface area contributed by atoms with Crippen molar-refractivity contribution in [3.8, 4) is 40.1 Å². The van der Waals surface area contributed by atoms with Gasteiger partial charge in [-0.05, 0) is 18.2 Å². The Bertz CT molecular complexity index is 1330. The predicted molar refractivity (Wildman–Crippen MR) is 110 cm³/mol.